The number of nitrogens with one attached hydrogen (secondary N) is 1. The maximum atomic E-state index is 9.64. The van der Waals surface area contributed by atoms with Crippen LogP contribution in [0.15, 0.2) is 6.33 Å². The van der Waals surface area contributed by atoms with Crippen LogP contribution in [-0.4, -0.2) is 27.2 Å². The smallest absolute Gasteiger partial charge is 0.135 e. The van der Waals surface area contributed by atoms with Crippen LogP contribution in [0.25, 0.3) is 0 Å². The van der Waals surface area contributed by atoms with Crippen molar-refractivity contribution < 1.29 is 5.11 Å². The van der Waals surface area contributed by atoms with E-state index in [-0.39, 0.29) is 18.1 Å². The van der Waals surface area contributed by atoms with E-state index in [0.717, 1.165) is 37.1 Å². The van der Waals surface area contributed by atoms with E-state index >= 15 is 0 Å². The normalized spacial score (nSPS) is 18.2. The molecule has 1 aromatic heterocycles. The minimum Gasteiger partial charge on any atom is -0.394 e. The molecule has 0 amide bonds. The molecule has 2 rings (SSSR count). The van der Waals surface area contributed by atoms with E-state index in [2.05, 4.69) is 29.1 Å². The number of hydrogen-bond acceptors (Lipinski definition) is 5. The molecule has 1 saturated carbocycles. The average Bonchev–Trinajstić information content (AvgIpc) is 2.78. The van der Waals surface area contributed by atoms with E-state index < -0.39 is 0 Å². The van der Waals surface area contributed by atoms with E-state index in [1.165, 1.54) is 6.33 Å². The lowest BCUT2D eigenvalue weighted by atomic mass is 9.97. The van der Waals surface area contributed by atoms with Crippen molar-refractivity contribution in [1.29, 1.82) is 0 Å². The second kappa shape index (κ2) is 5.10. The molecule has 0 aromatic carbocycles. The van der Waals surface area contributed by atoms with Gasteiger partial charge in [-0.25, -0.2) is 9.97 Å². The molecule has 4 N–H and O–H groups in total. The van der Waals surface area contributed by atoms with Gasteiger partial charge in [-0.2, -0.15) is 0 Å². The van der Waals surface area contributed by atoms with Gasteiger partial charge in [-0.15, -0.1) is 0 Å². The highest BCUT2D eigenvalue weighted by Gasteiger charge is 2.34. The molecule has 0 spiro atoms. The molecule has 0 saturated heterocycles. The lowest BCUT2D eigenvalue weighted by Crippen LogP contribution is -2.39. The largest absolute Gasteiger partial charge is 0.394 e. The number of aliphatic hydroxyl groups is 1. The SMILES string of the molecule is CC(C)c1c(N)ncnc1NC1(CO)CCCC1. The highest BCUT2D eigenvalue weighted by Crippen LogP contribution is 2.35. The van der Waals surface area contributed by atoms with E-state index in [1.54, 1.807) is 0 Å². The summed E-state index contributed by atoms with van der Waals surface area (Å²) in [5, 5.41) is 13.1. The van der Waals surface area contributed by atoms with Crippen molar-refractivity contribution in [3.8, 4) is 0 Å². The van der Waals surface area contributed by atoms with Gasteiger partial charge in [0.25, 0.3) is 0 Å². The monoisotopic (exact) mass is 250 g/mol. The average molecular weight is 250 g/mol. The maximum absolute atomic E-state index is 9.64. The Morgan fingerprint density at radius 2 is 2.06 bits per heavy atom. The Morgan fingerprint density at radius 1 is 1.39 bits per heavy atom. The molecule has 0 atom stereocenters. The minimum absolute atomic E-state index is 0.133. The Hall–Kier alpha value is -1.36. The van der Waals surface area contributed by atoms with Gasteiger partial charge >= 0.3 is 0 Å². The zero-order valence-corrected chi connectivity index (χ0v) is 11.1. The first-order valence-electron chi connectivity index (χ1n) is 6.57. The summed E-state index contributed by atoms with van der Waals surface area (Å²) < 4.78 is 0. The number of aromatic nitrogens is 2. The molecular formula is C13H22N4O. The fourth-order valence-electron chi connectivity index (χ4n) is 2.70. The van der Waals surface area contributed by atoms with Crippen molar-refractivity contribution in [3.63, 3.8) is 0 Å². The first kappa shape index (κ1) is 13.1. The van der Waals surface area contributed by atoms with E-state index in [9.17, 15) is 5.11 Å². The predicted octanol–water partition coefficient (Wildman–Crippen LogP) is 1.90. The number of nitrogens with zero attached hydrogens (tertiary/aromatic N) is 2. The Morgan fingerprint density at radius 3 is 2.61 bits per heavy atom. The number of hydrogen-bond donors (Lipinski definition) is 3. The Balaban J connectivity index is 2.31. The number of nitrogens with two attached hydrogens (primary N) is 1. The predicted molar refractivity (Wildman–Crippen MR) is 72.4 cm³/mol. The van der Waals surface area contributed by atoms with Crippen molar-refractivity contribution in [3.05, 3.63) is 11.9 Å². The van der Waals surface area contributed by atoms with Gasteiger partial charge in [-0.1, -0.05) is 26.7 Å². The van der Waals surface area contributed by atoms with E-state index in [4.69, 9.17) is 5.73 Å². The fourth-order valence-corrected chi connectivity index (χ4v) is 2.70. The highest BCUT2D eigenvalue weighted by atomic mass is 16.3. The molecule has 0 aliphatic heterocycles. The molecule has 1 aromatic rings. The first-order chi connectivity index (χ1) is 8.58. The van der Waals surface area contributed by atoms with Crippen LogP contribution in [0.5, 0.6) is 0 Å². The van der Waals surface area contributed by atoms with Crippen LogP contribution in [-0.2, 0) is 0 Å². The molecule has 1 fully saturated rings. The minimum atomic E-state index is -0.232. The number of anilines is 2. The topological polar surface area (TPSA) is 84.1 Å². The van der Waals surface area contributed by atoms with Crippen LogP contribution in [0.3, 0.4) is 0 Å². The molecule has 1 heterocycles. The second-order valence-corrected chi connectivity index (χ2v) is 5.45. The molecule has 100 valence electrons. The van der Waals surface area contributed by atoms with Crippen molar-refractivity contribution in [1.82, 2.24) is 9.97 Å². The van der Waals surface area contributed by atoms with Gasteiger partial charge in [-0.3, -0.25) is 0 Å². The summed E-state index contributed by atoms with van der Waals surface area (Å²) in [6.07, 6.45) is 5.72. The Bertz CT molecular complexity index is 413. The first-order valence-corrected chi connectivity index (χ1v) is 6.57. The number of rotatable bonds is 4. The molecule has 0 radical (unpaired) electrons. The number of nitrogen functional groups attached to an aromatic ring is 1. The van der Waals surface area contributed by atoms with Crippen molar-refractivity contribution in [2.45, 2.75) is 51.0 Å². The van der Waals surface area contributed by atoms with Crippen LogP contribution >= 0.6 is 0 Å². The highest BCUT2D eigenvalue weighted by molar-refractivity contribution is 5.57. The summed E-state index contributed by atoms with van der Waals surface area (Å²) in [5.74, 6) is 1.55. The Kier molecular flexibility index (Phi) is 3.71. The molecular weight excluding hydrogens is 228 g/mol. The standard InChI is InChI=1S/C13H22N4O/c1-9(2)10-11(14)15-8-16-12(10)17-13(7-18)5-3-4-6-13/h8-9,18H,3-7H2,1-2H3,(H3,14,15,16,17). The third kappa shape index (κ3) is 2.41. The van der Waals surface area contributed by atoms with Crippen LogP contribution in [0.4, 0.5) is 11.6 Å². The summed E-state index contributed by atoms with van der Waals surface area (Å²) in [6.45, 7) is 4.27. The van der Waals surface area contributed by atoms with Gasteiger partial charge in [-0.05, 0) is 18.8 Å². The van der Waals surface area contributed by atoms with Crippen LogP contribution in [0, 0.1) is 0 Å². The molecule has 1 aliphatic carbocycles. The molecule has 1 aliphatic rings. The van der Waals surface area contributed by atoms with Crippen LogP contribution < -0.4 is 11.1 Å². The van der Waals surface area contributed by atoms with E-state index in [0.29, 0.717) is 5.82 Å². The quantitative estimate of drug-likeness (QED) is 0.760. The van der Waals surface area contributed by atoms with Gasteiger partial charge in [0.1, 0.15) is 18.0 Å². The summed E-state index contributed by atoms with van der Waals surface area (Å²) >= 11 is 0. The lowest BCUT2D eigenvalue weighted by molar-refractivity contribution is 0.213. The molecule has 5 heteroatoms. The third-order valence-electron chi connectivity index (χ3n) is 3.74. The van der Waals surface area contributed by atoms with Crippen molar-refractivity contribution in [2.75, 3.05) is 17.7 Å². The summed E-state index contributed by atoms with van der Waals surface area (Å²) in [6, 6.07) is 0. The van der Waals surface area contributed by atoms with Crippen molar-refractivity contribution >= 4 is 11.6 Å². The molecule has 5 nitrogen and oxygen atoms in total. The second-order valence-electron chi connectivity index (χ2n) is 5.45. The zero-order valence-electron chi connectivity index (χ0n) is 11.1. The zero-order chi connectivity index (χ0) is 13.2. The van der Waals surface area contributed by atoms with Gasteiger partial charge in [0.2, 0.25) is 0 Å². The van der Waals surface area contributed by atoms with E-state index in [1.807, 2.05) is 0 Å². The maximum Gasteiger partial charge on any atom is 0.135 e. The van der Waals surface area contributed by atoms with Crippen LogP contribution in [0.1, 0.15) is 51.0 Å². The fraction of sp³-hybridized carbons (Fsp3) is 0.692. The summed E-state index contributed by atoms with van der Waals surface area (Å²) in [7, 11) is 0. The third-order valence-corrected chi connectivity index (χ3v) is 3.74. The van der Waals surface area contributed by atoms with Crippen molar-refractivity contribution in [2.24, 2.45) is 0 Å². The van der Waals surface area contributed by atoms with Gasteiger partial charge in [0, 0.05) is 5.56 Å². The summed E-state index contributed by atoms with van der Waals surface area (Å²) in [5.41, 5.74) is 6.64. The lowest BCUT2D eigenvalue weighted by Gasteiger charge is -2.30. The van der Waals surface area contributed by atoms with Gasteiger partial charge < -0.3 is 16.2 Å². The van der Waals surface area contributed by atoms with Crippen LogP contribution in [0.2, 0.25) is 0 Å². The Labute approximate surface area is 108 Å². The molecule has 0 unspecified atom stereocenters. The number of aliphatic hydroxyl groups excluding tert-OH is 1. The van der Waals surface area contributed by atoms with Gasteiger partial charge in [0.05, 0.1) is 12.1 Å². The summed E-state index contributed by atoms with van der Waals surface area (Å²) in [4.78, 5) is 8.35. The van der Waals surface area contributed by atoms with Gasteiger partial charge in [0.15, 0.2) is 0 Å². The molecule has 18 heavy (non-hydrogen) atoms. The molecule has 0 bridgehead atoms.